The summed E-state index contributed by atoms with van der Waals surface area (Å²) in [6, 6.07) is 5.85. The largest absolute Gasteiger partial charge is 0.395 e. The summed E-state index contributed by atoms with van der Waals surface area (Å²) >= 11 is 0. The van der Waals surface area contributed by atoms with E-state index in [1.807, 2.05) is 0 Å². The molecule has 6 heteroatoms. The van der Waals surface area contributed by atoms with Crippen LogP contribution in [0, 0.1) is 0 Å². The molecule has 104 valence electrons. The minimum Gasteiger partial charge on any atom is -0.395 e. The zero-order chi connectivity index (χ0) is 14.5. The van der Waals surface area contributed by atoms with Crippen LogP contribution in [0.25, 0.3) is 0 Å². The number of sulfone groups is 1. The maximum absolute atomic E-state index is 12.2. The van der Waals surface area contributed by atoms with Gasteiger partial charge in [0.2, 0.25) is 0 Å². The molecule has 0 unspecified atom stereocenters. The molecule has 19 heavy (non-hydrogen) atoms. The van der Waals surface area contributed by atoms with Crippen LogP contribution in [0.15, 0.2) is 41.8 Å². The van der Waals surface area contributed by atoms with Gasteiger partial charge in [-0.3, -0.25) is 4.79 Å². The molecule has 0 aromatic heterocycles. The average molecular weight is 283 g/mol. The first-order chi connectivity index (χ1) is 8.90. The van der Waals surface area contributed by atoms with Crippen LogP contribution < -0.4 is 0 Å². The molecule has 0 saturated carbocycles. The summed E-state index contributed by atoms with van der Waals surface area (Å²) in [4.78, 5) is 13.7. The molecule has 5 nitrogen and oxygen atoms in total. The van der Waals surface area contributed by atoms with Crippen LogP contribution in [-0.2, 0) is 9.84 Å². The second-order valence-corrected chi connectivity index (χ2v) is 6.08. The van der Waals surface area contributed by atoms with Crippen molar-refractivity contribution in [2.75, 3.05) is 26.0 Å². The van der Waals surface area contributed by atoms with E-state index in [2.05, 4.69) is 6.58 Å². The molecular weight excluding hydrogens is 266 g/mol. The van der Waals surface area contributed by atoms with Gasteiger partial charge in [-0.05, 0) is 18.2 Å². The van der Waals surface area contributed by atoms with Crippen LogP contribution in [0.2, 0.25) is 0 Å². The third kappa shape index (κ3) is 4.18. The number of hydrogen-bond donors (Lipinski definition) is 1. The quantitative estimate of drug-likeness (QED) is 0.780. The lowest BCUT2D eigenvalue weighted by Crippen LogP contribution is -2.33. The standard InChI is InChI=1S/C13H17NO4S/c1-3-7-14(8-9-15)13(16)11-5-4-6-12(10-11)19(2,17)18/h3-6,10,15H,1,7-9H2,2H3. The highest BCUT2D eigenvalue weighted by Crippen LogP contribution is 2.13. The Bertz CT molecular complexity index is 566. The number of aliphatic hydroxyl groups is 1. The summed E-state index contributed by atoms with van der Waals surface area (Å²) in [5, 5.41) is 8.92. The second kappa shape index (κ2) is 6.49. The number of benzene rings is 1. The van der Waals surface area contributed by atoms with Gasteiger partial charge >= 0.3 is 0 Å². The third-order valence-corrected chi connectivity index (χ3v) is 3.63. The first-order valence-electron chi connectivity index (χ1n) is 5.71. The third-order valence-electron chi connectivity index (χ3n) is 2.52. The molecule has 0 spiro atoms. The molecule has 1 amide bonds. The van der Waals surface area contributed by atoms with Crippen LogP contribution >= 0.6 is 0 Å². The van der Waals surface area contributed by atoms with Gasteiger partial charge in [0.25, 0.3) is 5.91 Å². The van der Waals surface area contributed by atoms with E-state index in [4.69, 9.17) is 5.11 Å². The maximum Gasteiger partial charge on any atom is 0.254 e. The van der Waals surface area contributed by atoms with Gasteiger partial charge in [-0.25, -0.2) is 8.42 Å². The summed E-state index contributed by atoms with van der Waals surface area (Å²) in [5.41, 5.74) is 0.276. The Balaban J connectivity index is 3.08. The molecule has 0 aliphatic heterocycles. The number of carbonyl (C=O) groups is 1. The minimum absolute atomic E-state index is 0.0981. The van der Waals surface area contributed by atoms with E-state index >= 15 is 0 Å². The summed E-state index contributed by atoms with van der Waals surface area (Å²) in [6.45, 7) is 3.85. The molecule has 0 heterocycles. The first-order valence-corrected chi connectivity index (χ1v) is 7.60. The van der Waals surface area contributed by atoms with Crippen molar-refractivity contribution >= 4 is 15.7 Å². The minimum atomic E-state index is -3.35. The molecule has 0 aliphatic rings. The Hall–Kier alpha value is -1.66. The van der Waals surface area contributed by atoms with Crippen molar-refractivity contribution < 1.29 is 18.3 Å². The summed E-state index contributed by atoms with van der Waals surface area (Å²) < 4.78 is 22.9. The van der Waals surface area contributed by atoms with E-state index < -0.39 is 9.84 Å². The molecule has 1 N–H and O–H groups in total. The van der Waals surface area contributed by atoms with E-state index in [-0.39, 0.29) is 29.5 Å². The van der Waals surface area contributed by atoms with E-state index in [9.17, 15) is 13.2 Å². The summed E-state index contributed by atoms with van der Waals surface area (Å²) in [6.07, 6.45) is 2.64. The Morgan fingerprint density at radius 2 is 2.16 bits per heavy atom. The summed E-state index contributed by atoms with van der Waals surface area (Å²) in [5.74, 6) is -0.334. The molecule has 0 radical (unpaired) electrons. The lowest BCUT2D eigenvalue weighted by atomic mass is 10.2. The molecule has 0 fully saturated rings. The van der Waals surface area contributed by atoms with Crippen molar-refractivity contribution in [3.63, 3.8) is 0 Å². The van der Waals surface area contributed by atoms with Gasteiger partial charge in [-0.2, -0.15) is 0 Å². The van der Waals surface area contributed by atoms with Crippen molar-refractivity contribution in [3.05, 3.63) is 42.5 Å². The first kappa shape index (κ1) is 15.4. The number of rotatable bonds is 6. The normalized spacial score (nSPS) is 11.1. The van der Waals surface area contributed by atoms with Crippen LogP contribution in [0.1, 0.15) is 10.4 Å². The zero-order valence-electron chi connectivity index (χ0n) is 10.7. The number of nitrogens with zero attached hydrogens (tertiary/aromatic N) is 1. The smallest absolute Gasteiger partial charge is 0.254 e. The molecular formula is C13H17NO4S. The van der Waals surface area contributed by atoms with Gasteiger partial charge in [0, 0.05) is 24.9 Å². The van der Waals surface area contributed by atoms with Gasteiger partial charge in [-0.15, -0.1) is 6.58 Å². The van der Waals surface area contributed by atoms with Gasteiger partial charge in [0.1, 0.15) is 0 Å². The van der Waals surface area contributed by atoms with E-state index in [0.717, 1.165) is 6.26 Å². The Labute approximate surface area is 113 Å². The molecule has 1 aromatic rings. The van der Waals surface area contributed by atoms with Gasteiger partial charge in [0.05, 0.1) is 11.5 Å². The van der Waals surface area contributed by atoms with Crippen LogP contribution in [-0.4, -0.2) is 50.3 Å². The Kier molecular flexibility index (Phi) is 5.26. The van der Waals surface area contributed by atoms with Gasteiger partial charge in [-0.1, -0.05) is 12.1 Å². The van der Waals surface area contributed by atoms with Crippen molar-refractivity contribution in [1.29, 1.82) is 0 Å². The molecule has 1 rings (SSSR count). The fourth-order valence-electron chi connectivity index (χ4n) is 1.59. The van der Waals surface area contributed by atoms with Gasteiger partial charge in [0.15, 0.2) is 9.84 Å². The van der Waals surface area contributed by atoms with E-state index in [1.54, 1.807) is 12.1 Å². The lowest BCUT2D eigenvalue weighted by Gasteiger charge is -2.20. The monoisotopic (exact) mass is 283 g/mol. The van der Waals surface area contributed by atoms with E-state index in [0.29, 0.717) is 6.54 Å². The fourth-order valence-corrected chi connectivity index (χ4v) is 2.26. The fraction of sp³-hybridized carbons (Fsp3) is 0.308. The van der Waals surface area contributed by atoms with Crippen LogP contribution in [0.4, 0.5) is 0 Å². The van der Waals surface area contributed by atoms with Crippen molar-refractivity contribution in [2.24, 2.45) is 0 Å². The maximum atomic E-state index is 12.2. The van der Waals surface area contributed by atoms with E-state index in [1.165, 1.54) is 23.1 Å². The molecule has 0 aliphatic carbocycles. The number of carbonyl (C=O) groups excluding carboxylic acids is 1. The van der Waals surface area contributed by atoms with Crippen molar-refractivity contribution in [2.45, 2.75) is 4.90 Å². The van der Waals surface area contributed by atoms with Crippen molar-refractivity contribution in [1.82, 2.24) is 4.90 Å². The Morgan fingerprint density at radius 1 is 1.47 bits per heavy atom. The number of aliphatic hydroxyl groups excluding tert-OH is 1. The second-order valence-electron chi connectivity index (χ2n) is 4.06. The molecule has 0 saturated heterocycles. The van der Waals surface area contributed by atoms with Crippen LogP contribution in [0.3, 0.4) is 0 Å². The number of hydrogen-bond acceptors (Lipinski definition) is 4. The topological polar surface area (TPSA) is 74.7 Å². The zero-order valence-corrected chi connectivity index (χ0v) is 11.6. The molecule has 0 atom stereocenters. The highest BCUT2D eigenvalue weighted by Gasteiger charge is 2.16. The number of amides is 1. The van der Waals surface area contributed by atoms with Crippen molar-refractivity contribution in [3.8, 4) is 0 Å². The summed E-state index contributed by atoms with van der Waals surface area (Å²) in [7, 11) is -3.35. The molecule has 0 bridgehead atoms. The predicted molar refractivity (Wildman–Crippen MR) is 72.7 cm³/mol. The Morgan fingerprint density at radius 3 is 2.68 bits per heavy atom. The molecule has 1 aromatic carbocycles. The average Bonchev–Trinajstić information content (AvgIpc) is 2.37. The SMILES string of the molecule is C=CCN(CCO)C(=O)c1cccc(S(C)(=O)=O)c1. The highest BCUT2D eigenvalue weighted by atomic mass is 32.2. The lowest BCUT2D eigenvalue weighted by molar-refractivity contribution is 0.0742. The predicted octanol–water partition coefficient (Wildman–Crippen LogP) is 0.711. The van der Waals surface area contributed by atoms with Gasteiger partial charge < -0.3 is 10.0 Å². The van der Waals surface area contributed by atoms with Crippen LogP contribution in [0.5, 0.6) is 0 Å². The highest BCUT2D eigenvalue weighted by molar-refractivity contribution is 7.90.